The van der Waals surface area contributed by atoms with E-state index in [9.17, 15) is 0 Å². The second-order valence-electron chi connectivity index (χ2n) is 6.48. The number of methoxy groups -OCH3 is 1. The van der Waals surface area contributed by atoms with Crippen LogP contribution in [0.1, 0.15) is 58.8 Å². The number of ether oxygens (including phenoxy) is 2. The van der Waals surface area contributed by atoms with Gasteiger partial charge in [0.15, 0.2) is 0 Å². The van der Waals surface area contributed by atoms with Gasteiger partial charge in [-0.15, -0.1) is 0 Å². The van der Waals surface area contributed by atoms with Crippen molar-refractivity contribution < 1.29 is 9.47 Å². The molecule has 0 aromatic heterocycles. The Morgan fingerprint density at radius 3 is 2.79 bits per heavy atom. The molecular weight excluding hydrogens is 238 g/mol. The van der Waals surface area contributed by atoms with Crippen molar-refractivity contribution in [3.05, 3.63) is 0 Å². The average molecular weight is 269 g/mol. The Morgan fingerprint density at radius 2 is 2.21 bits per heavy atom. The van der Waals surface area contributed by atoms with E-state index in [1.54, 1.807) is 0 Å². The number of nitrogens with one attached hydrogen (secondary N) is 1. The number of hydrogen-bond donors (Lipinski definition) is 1. The second kappa shape index (κ2) is 7.05. The lowest BCUT2D eigenvalue weighted by atomic mass is 9.70. The van der Waals surface area contributed by atoms with Gasteiger partial charge in [0.25, 0.3) is 0 Å². The van der Waals surface area contributed by atoms with Crippen LogP contribution in [0.3, 0.4) is 0 Å². The molecule has 0 aromatic rings. The first kappa shape index (κ1) is 15.3. The molecule has 3 heteroatoms. The highest BCUT2D eigenvalue weighted by molar-refractivity contribution is 4.96. The van der Waals surface area contributed by atoms with Crippen LogP contribution in [0.5, 0.6) is 0 Å². The van der Waals surface area contributed by atoms with Crippen LogP contribution < -0.4 is 5.32 Å². The van der Waals surface area contributed by atoms with Crippen molar-refractivity contribution in [2.24, 2.45) is 5.92 Å². The summed E-state index contributed by atoms with van der Waals surface area (Å²) < 4.78 is 11.5. The normalized spacial score (nSPS) is 28.9. The molecule has 2 aliphatic rings. The maximum atomic E-state index is 6.06. The molecule has 1 spiro atoms. The highest BCUT2D eigenvalue weighted by atomic mass is 16.5. The molecule has 3 atom stereocenters. The van der Waals surface area contributed by atoms with Crippen LogP contribution in [-0.2, 0) is 9.47 Å². The molecule has 3 nitrogen and oxygen atoms in total. The van der Waals surface area contributed by atoms with Crippen LogP contribution in [0.4, 0.5) is 0 Å². The van der Waals surface area contributed by atoms with Crippen LogP contribution in [0.2, 0.25) is 0 Å². The topological polar surface area (TPSA) is 30.5 Å². The third-order valence-corrected chi connectivity index (χ3v) is 5.01. The van der Waals surface area contributed by atoms with Gasteiger partial charge in [-0.1, -0.05) is 6.92 Å². The molecule has 1 saturated carbocycles. The molecule has 0 radical (unpaired) electrons. The van der Waals surface area contributed by atoms with Gasteiger partial charge in [0, 0.05) is 19.8 Å². The van der Waals surface area contributed by atoms with E-state index in [1.807, 2.05) is 7.11 Å². The van der Waals surface area contributed by atoms with E-state index in [2.05, 4.69) is 19.2 Å². The molecule has 0 aromatic carbocycles. The van der Waals surface area contributed by atoms with Gasteiger partial charge in [0.05, 0.1) is 11.7 Å². The predicted molar refractivity (Wildman–Crippen MR) is 78.4 cm³/mol. The van der Waals surface area contributed by atoms with Crippen LogP contribution in [-0.4, -0.2) is 38.0 Å². The van der Waals surface area contributed by atoms with E-state index < -0.39 is 0 Å². The minimum atomic E-state index is 0.255. The highest BCUT2D eigenvalue weighted by Crippen LogP contribution is 2.45. The summed E-state index contributed by atoms with van der Waals surface area (Å²) in [6, 6.07) is 0.594. The van der Waals surface area contributed by atoms with Crippen LogP contribution in [0.15, 0.2) is 0 Å². The lowest BCUT2D eigenvalue weighted by Gasteiger charge is -2.49. The lowest BCUT2D eigenvalue weighted by Crippen LogP contribution is -2.51. The Balaban J connectivity index is 1.91. The first-order valence-corrected chi connectivity index (χ1v) is 8.09. The molecule has 3 unspecified atom stereocenters. The molecule has 112 valence electrons. The van der Waals surface area contributed by atoms with Crippen molar-refractivity contribution in [2.45, 2.75) is 76.5 Å². The Kier molecular flexibility index (Phi) is 5.67. The fraction of sp³-hybridized carbons (Fsp3) is 1.00. The van der Waals surface area contributed by atoms with Gasteiger partial charge in [-0.25, -0.2) is 0 Å². The Bertz CT molecular complexity index is 265. The van der Waals surface area contributed by atoms with Gasteiger partial charge in [-0.3, -0.25) is 0 Å². The molecule has 2 fully saturated rings. The fourth-order valence-electron chi connectivity index (χ4n) is 3.55. The van der Waals surface area contributed by atoms with Crippen LogP contribution >= 0.6 is 0 Å². The largest absolute Gasteiger partial charge is 0.382 e. The first-order valence-electron chi connectivity index (χ1n) is 8.09. The highest BCUT2D eigenvalue weighted by Gasteiger charge is 2.44. The minimum Gasteiger partial charge on any atom is -0.382 e. The van der Waals surface area contributed by atoms with Gasteiger partial charge in [0.2, 0.25) is 0 Å². The van der Waals surface area contributed by atoms with Crippen molar-refractivity contribution in [2.75, 3.05) is 20.3 Å². The molecule has 0 bridgehead atoms. The monoisotopic (exact) mass is 269 g/mol. The van der Waals surface area contributed by atoms with Gasteiger partial charge in [-0.2, -0.15) is 0 Å². The maximum Gasteiger partial charge on any atom is 0.0685 e. The number of hydrogen-bond acceptors (Lipinski definition) is 3. The van der Waals surface area contributed by atoms with E-state index in [-0.39, 0.29) is 5.60 Å². The molecule has 2 rings (SSSR count). The molecular formula is C16H31NO2. The summed E-state index contributed by atoms with van der Waals surface area (Å²) in [5, 5.41) is 3.75. The molecule has 0 amide bonds. The van der Waals surface area contributed by atoms with Crippen molar-refractivity contribution in [1.82, 2.24) is 5.32 Å². The van der Waals surface area contributed by atoms with Crippen molar-refractivity contribution in [1.29, 1.82) is 0 Å². The zero-order chi connectivity index (χ0) is 13.7. The number of rotatable bonds is 7. The van der Waals surface area contributed by atoms with E-state index in [4.69, 9.17) is 9.47 Å². The van der Waals surface area contributed by atoms with Crippen molar-refractivity contribution in [3.63, 3.8) is 0 Å². The Hall–Kier alpha value is -0.120. The third-order valence-electron chi connectivity index (χ3n) is 5.01. The average Bonchev–Trinajstić information content (AvgIpc) is 2.41. The second-order valence-corrected chi connectivity index (χ2v) is 6.48. The molecule has 1 saturated heterocycles. The minimum absolute atomic E-state index is 0.255. The van der Waals surface area contributed by atoms with Gasteiger partial charge in [-0.05, 0) is 64.3 Å². The summed E-state index contributed by atoms with van der Waals surface area (Å²) in [4.78, 5) is 0. The lowest BCUT2D eigenvalue weighted by molar-refractivity contribution is -0.148. The summed E-state index contributed by atoms with van der Waals surface area (Å²) in [6.45, 7) is 6.49. The third kappa shape index (κ3) is 3.93. The molecule has 19 heavy (non-hydrogen) atoms. The summed E-state index contributed by atoms with van der Waals surface area (Å²) in [5.41, 5.74) is 0.255. The summed E-state index contributed by atoms with van der Waals surface area (Å²) in [5.74, 6) is 0.762. The predicted octanol–water partition coefficient (Wildman–Crippen LogP) is 3.13. The van der Waals surface area contributed by atoms with E-state index in [0.29, 0.717) is 12.1 Å². The first-order chi connectivity index (χ1) is 9.19. The molecule has 1 heterocycles. The van der Waals surface area contributed by atoms with E-state index >= 15 is 0 Å². The zero-order valence-electron chi connectivity index (χ0n) is 12.9. The SMILES string of the molecule is CCCNC(CC(C)OC)C1CCOC2(CCC2)C1. The summed E-state index contributed by atoms with van der Waals surface area (Å²) in [7, 11) is 1.82. The van der Waals surface area contributed by atoms with Crippen LogP contribution in [0.25, 0.3) is 0 Å². The molecule has 1 aliphatic heterocycles. The van der Waals surface area contributed by atoms with Crippen LogP contribution in [0, 0.1) is 5.92 Å². The standard InChI is InChI=1S/C16H31NO2/c1-4-9-17-15(11-13(2)18-3)14-6-10-19-16(12-14)7-5-8-16/h13-15,17H,4-12H2,1-3H3. The zero-order valence-corrected chi connectivity index (χ0v) is 12.9. The van der Waals surface area contributed by atoms with Gasteiger partial charge >= 0.3 is 0 Å². The van der Waals surface area contributed by atoms with Gasteiger partial charge < -0.3 is 14.8 Å². The maximum absolute atomic E-state index is 6.06. The van der Waals surface area contributed by atoms with Gasteiger partial charge in [0.1, 0.15) is 0 Å². The Labute approximate surface area is 118 Å². The van der Waals surface area contributed by atoms with Crippen molar-refractivity contribution in [3.8, 4) is 0 Å². The van der Waals surface area contributed by atoms with E-state index in [1.165, 1.54) is 38.5 Å². The summed E-state index contributed by atoms with van der Waals surface area (Å²) >= 11 is 0. The summed E-state index contributed by atoms with van der Waals surface area (Å²) in [6.07, 6.45) is 9.05. The van der Waals surface area contributed by atoms with Crippen molar-refractivity contribution >= 4 is 0 Å². The smallest absolute Gasteiger partial charge is 0.0685 e. The van der Waals surface area contributed by atoms with E-state index in [0.717, 1.165) is 25.5 Å². The Morgan fingerprint density at radius 1 is 1.42 bits per heavy atom. The molecule has 1 N–H and O–H groups in total. The quantitative estimate of drug-likeness (QED) is 0.770. The fourth-order valence-corrected chi connectivity index (χ4v) is 3.55. The molecule has 1 aliphatic carbocycles.